The monoisotopic (exact) mass is 319 g/mol. The second kappa shape index (κ2) is 10.2. The fourth-order valence-corrected chi connectivity index (χ4v) is 5.71. The summed E-state index contributed by atoms with van der Waals surface area (Å²) in [5.74, 6) is 0. The van der Waals surface area contributed by atoms with E-state index < -0.39 is 8.80 Å². The minimum absolute atomic E-state index is 0.327. The molecule has 2 aromatic carbocycles. The molecule has 0 saturated heterocycles. The Morgan fingerprint density at radius 3 is 1.55 bits per heavy atom. The molecule has 0 heterocycles. The van der Waals surface area contributed by atoms with Gasteiger partial charge in [0.1, 0.15) is 8.80 Å². The van der Waals surface area contributed by atoms with Crippen LogP contribution in [0.5, 0.6) is 0 Å². The van der Waals surface area contributed by atoms with Crippen LogP contribution in [0.15, 0.2) is 60.7 Å². The van der Waals surface area contributed by atoms with Crippen molar-refractivity contribution in [1.29, 1.82) is 0 Å². The minimum atomic E-state index is -0.715. The average Bonchev–Trinajstić information content (AvgIpc) is 2.50. The molecule has 0 unspecified atom stereocenters. The van der Waals surface area contributed by atoms with Crippen LogP contribution in [0.4, 0.5) is 0 Å². The molecule has 0 aromatic heterocycles. The summed E-state index contributed by atoms with van der Waals surface area (Å²) in [4.78, 5) is 0. The molecular weight excluding hydrogens is 295 g/mol. The molecule has 2 rings (SSSR count). The summed E-state index contributed by atoms with van der Waals surface area (Å²) in [5, 5.41) is 6.27. The molecule has 0 amide bonds. The molecule has 1 radical (unpaired) electrons. The molecule has 0 aliphatic heterocycles. The topological polar surface area (TPSA) is 0 Å². The summed E-state index contributed by atoms with van der Waals surface area (Å²) in [6, 6.07) is 21.9. The fourth-order valence-electron chi connectivity index (χ4n) is 2.36. The van der Waals surface area contributed by atoms with Gasteiger partial charge in [-0.05, 0) is 5.04 Å². The van der Waals surface area contributed by atoms with Gasteiger partial charge in [-0.1, -0.05) is 91.8 Å². The fraction of sp³-hybridized carbons (Fsp3) is 0.316. The first-order valence-corrected chi connectivity index (χ1v) is 9.89. The van der Waals surface area contributed by atoms with Crippen molar-refractivity contribution in [2.45, 2.75) is 37.3 Å². The van der Waals surface area contributed by atoms with Crippen LogP contribution >= 0.6 is 12.2 Å². The Morgan fingerprint density at radius 2 is 1.32 bits per heavy atom. The van der Waals surface area contributed by atoms with Crippen LogP contribution in [-0.4, -0.2) is 31.9 Å². The summed E-state index contributed by atoms with van der Waals surface area (Å²) in [6.45, 7) is 7.05. The zero-order valence-corrected chi connectivity index (χ0v) is 16.0. The second-order valence-electron chi connectivity index (χ2n) is 6.31. The van der Waals surface area contributed by atoms with Crippen LogP contribution in [0, 0.1) is 0 Å². The van der Waals surface area contributed by atoms with Crippen molar-refractivity contribution < 1.29 is 0 Å². The summed E-state index contributed by atoms with van der Waals surface area (Å²) >= 11 is 6.64. The predicted molar refractivity (Wildman–Crippen MR) is 106 cm³/mol. The van der Waals surface area contributed by atoms with E-state index in [-0.39, 0.29) is 0 Å². The van der Waals surface area contributed by atoms with E-state index in [2.05, 4.69) is 111 Å². The van der Waals surface area contributed by atoms with Gasteiger partial charge in [-0.3, -0.25) is 0 Å². The number of benzene rings is 2. The summed E-state index contributed by atoms with van der Waals surface area (Å²) in [6.07, 6.45) is 1.08. The molecular formula is C19H24LiSSi. The van der Waals surface area contributed by atoms with E-state index in [0.29, 0.717) is 5.04 Å². The second-order valence-corrected chi connectivity index (χ2v) is 10.1. The molecule has 3 heteroatoms. The Kier molecular flexibility index (Phi) is 8.97. The van der Waals surface area contributed by atoms with Gasteiger partial charge in [0, 0.05) is 0 Å². The number of rotatable bonds is 4. The van der Waals surface area contributed by atoms with Gasteiger partial charge in [0.25, 0.3) is 0 Å². The summed E-state index contributed by atoms with van der Waals surface area (Å²) < 4.78 is 0. The van der Waals surface area contributed by atoms with Crippen molar-refractivity contribution >= 4 is 54.5 Å². The third-order valence-corrected chi connectivity index (χ3v) is 6.84. The molecule has 0 nitrogen and oxygen atoms in total. The van der Waals surface area contributed by atoms with Crippen molar-refractivity contribution in [3.63, 3.8) is 0 Å². The van der Waals surface area contributed by atoms with E-state index in [4.69, 9.17) is 0 Å². The van der Waals surface area contributed by atoms with Crippen LogP contribution < -0.4 is 10.4 Å². The number of hydrogen-bond donors (Lipinski definition) is 0. The van der Waals surface area contributed by atoms with Gasteiger partial charge in [0.05, 0.1) is 0 Å². The van der Waals surface area contributed by atoms with Crippen molar-refractivity contribution in [2.75, 3.05) is 0 Å². The summed E-state index contributed by atoms with van der Waals surface area (Å²) in [5.41, 5.74) is 0. The van der Waals surface area contributed by atoms with Gasteiger partial charge < -0.3 is 0 Å². The quantitative estimate of drug-likeness (QED) is 0.605. The predicted octanol–water partition coefficient (Wildman–Crippen LogP) is 4.06. The van der Waals surface area contributed by atoms with E-state index in [1.54, 1.807) is 5.37 Å². The first-order chi connectivity index (χ1) is 10.5. The standard InChI is InChI=1S/C16H19Si.C3H5S.Li/c1-16(2,3)17(14-10-6-4-7-11-14)15-12-8-5-9-13-15;1-2-3-4;/h4-13H,1-3H3;3H,1-2H2;. The zero-order chi connectivity index (χ0) is 16.4. The average molecular weight is 319 g/mol. The molecule has 2 aromatic rings. The van der Waals surface area contributed by atoms with Crippen LogP contribution in [-0.2, 0) is 0 Å². The van der Waals surface area contributed by atoms with E-state index >= 15 is 0 Å². The Bertz CT molecular complexity index is 495. The van der Waals surface area contributed by atoms with Gasteiger partial charge in [-0.15, -0.1) is 0 Å². The molecule has 0 bridgehead atoms. The Balaban J connectivity index is 0.000000422. The van der Waals surface area contributed by atoms with Crippen molar-refractivity contribution in [3.05, 3.63) is 60.7 Å². The van der Waals surface area contributed by atoms with Crippen LogP contribution in [0.25, 0.3) is 0 Å². The number of hydrogen-bond acceptors (Lipinski definition) is 1. The first kappa shape index (κ1) is 19.4. The summed E-state index contributed by atoms with van der Waals surface area (Å²) in [7, 11) is -0.715. The van der Waals surface area contributed by atoms with Crippen LogP contribution in [0.1, 0.15) is 27.2 Å². The van der Waals surface area contributed by atoms with Crippen molar-refractivity contribution in [2.24, 2.45) is 0 Å². The van der Waals surface area contributed by atoms with Crippen molar-refractivity contribution in [3.8, 4) is 0 Å². The van der Waals surface area contributed by atoms with Gasteiger partial charge in [0.2, 0.25) is 0 Å². The van der Waals surface area contributed by atoms with Crippen LogP contribution in [0.2, 0.25) is 10.1 Å². The maximum absolute atomic E-state index is 4.53. The van der Waals surface area contributed by atoms with E-state index in [1.807, 2.05) is 0 Å². The molecule has 0 saturated carbocycles. The molecule has 0 atom stereocenters. The molecule has 0 fully saturated rings. The normalized spacial score (nSPS) is 10.8. The van der Waals surface area contributed by atoms with Gasteiger partial charge >= 0.3 is 46.8 Å². The van der Waals surface area contributed by atoms with Gasteiger partial charge in [-0.25, -0.2) is 0 Å². The molecule has 22 heavy (non-hydrogen) atoms. The van der Waals surface area contributed by atoms with Crippen LogP contribution in [0.3, 0.4) is 0 Å². The Labute approximate surface area is 152 Å². The number of thiocarbonyl (C=S) groups is 1. The van der Waals surface area contributed by atoms with E-state index in [9.17, 15) is 0 Å². The molecule has 0 aliphatic carbocycles. The molecule has 0 spiro atoms. The van der Waals surface area contributed by atoms with E-state index in [0.717, 1.165) is 6.42 Å². The third-order valence-electron chi connectivity index (χ3n) is 3.28. The third kappa shape index (κ3) is 6.63. The molecule has 0 N–H and O–H groups in total. The van der Waals surface area contributed by atoms with Gasteiger partial charge in [-0.2, -0.15) is 0 Å². The first-order valence-electron chi connectivity index (χ1n) is 7.92. The molecule has 111 valence electrons. The maximum atomic E-state index is 4.53. The Hall–Kier alpha value is -0.656. The zero-order valence-electron chi connectivity index (χ0n) is 14.2. The SMILES string of the molecule is CC(C)(C)[Si](c1ccccc1)c1ccccc1.[Li][CH2]CC=S. The van der Waals surface area contributed by atoms with E-state index in [1.165, 1.54) is 15.5 Å². The Morgan fingerprint density at radius 1 is 0.909 bits per heavy atom. The van der Waals surface area contributed by atoms with Gasteiger partial charge in [0.15, 0.2) is 0 Å². The molecule has 0 aliphatic rings. The van der Waals surface area contributed by atoms with Crippen molar-refractivity contribution in [1.82, 2.24) is 0 Å².